The number of rotatable bonds is 5. The predicted octanol–water partition coefficient (Wildman–Crippen LogP) is 4.52. The molecule has 18 heavy (non-hydrogen) atoms. The highest BCUT2D eigenvalue weighted by atomic mass is 28.4. The van der Waals surface area contributed by atoms with Crippen LogP contribution in [0.5, 0.6) is 0 Å². The van der Waals surface area contributed by atoms with E-state index >= 15 is 0 Å². The molecule has 0 saturated carbocycles. The Morgan fingerprint density at radius 1 is 1.28 bits per heavy atom. The van der Waals surface area contributed by atoms with Crippen molar-refractivity contribution in [1.29, 1.82) is 0 Å². The van der Waals surface area contributed by atoms with Gasteiger partial charge in [0.15, 0.2) is 8.32 Å². The molecule has 2 nitrogen and oxygen atoms in total. The van der Waals surface area contributed by atoms with E-state index in [1.165, 1.54) is 12.8 Å². The van der Waals surface area contributed by atoms with Gasteiger partial charge >= 0.3 is 0 Å². The maximum Gasteiger partial charge on any atom is 0.192 e. The molecule has 0 bridgehead atoms. The Bertz CT molecular complexity index is 268. The van der Waals surface area contributed by atoms with Gasteiger partial charge in [0, 0.05) is 0 Å². The molecule has 2 unspecified atom stereocenters. The van der Waals surface area contributed by atoms with Gasteiger partial charge in [0.05, 0.1) is 18.8 Å². The highest BCUT2D eigenvalue weighted by Gasteiger charge is 2.38. The summed E-state index contributed by atoms with van der Waals surface area (Å²) < 4.78 is 12.3. The van der Waals surface area contributed by atoms with Crippen LogP contribution in [0.1, 0.15) is 46.5 Å². The van der Waals surface area contributed by atoms with Gasteiger partial charge in [-0.05, 0) is 43.8 Å². The first-order chi connectivity index (χ1) is 8.26. The number of ether oxygens (including phenoxy) is 1. The Balaban J connectivity index is 2.41. The maximum absolute atomic E-state index is 6.25. The normalized spacial score (nSPS) is 26.1. The van der Waals surface area contributed by atoms with Gasteiger partial charge in [0.1, 0.15) is 0 Å². The molecule has 0 radical (unpaired) electrons. The molecule has 0 aromatic carbocycles. The molecule has 1 heterocycles. The van der Waals surface area contributed by atoms with Crippen LogP contribution in [0.3, 0.4) is 0 Å². The van der Waals surface area contributed by atoms with Crippen molar-refractivity contribution in [2.24, 2.45) is 0 Å². The lowest BCUT2D eigenvalue weighted by Crippen LogP contribution is -2.44. The van der Waals surface area contributed by atoms with Crippen LogP contribution in [0.25, 0.3) is 0 Å². The minimum absolute atomic E-state index is 0.280. The quantitative estimate of drug-likeness (QED) is 0.540. The second-order valence-electron chi connectivity index (χ2n) is 6.91. The largest absolute Gasteiger partial charge is 0.414 e. The summed E-state index contributed by atoms with van der Waals surface area (Å²) in [6.45, 7) is 16.0. The van der Waals surface area contributed by atoms with E-state index in [4.69, 9.17) is 9.16 Å². The SMILES string of the molecule is C=CCC1CCCC(CO[Si](C)(C)C(C)(C)C)O1. The Morgan fingerprint density at radius 2 is 1.89 bits per heavy atom. The van der Waals surface area contributed by atoms with Crippen molar-refractivity contribution in [2.45, 2.75) is 76.8 Å². The zero-order chi connectivity index (χ0) is 13.8. The summed E-state index contributed by atoms with van der Waals surface area (Å²) in [5.41, 5.74) is 0. The smallest absolute Gasteiger partial charge is 0.192 e. The molecule has 1 rings (SSSR count). The monoisotopic (exact) mass is 270 g/mol. The van der Waals surface area contributed by atoms with E-state index in [0.29, 0.717) is 6.10 Å². The summed E-state index contributed by atoms with van der Waals surface area (Å²) in [5, 5.41) is 0.280. The first-order valence-electron chi connectivity index (χ1n) is 7.16. The van der Waals surface area contributed by atoms with Crippen molar-refractivity contribution < 1.29 is 9.16 Å². The molecule has 0 aliphatic carbocycles. The minimum Gasteiger partial charge on any atom is -0.414 e. The van der Waals surface area contributed by atoms with Gasteiger partial charge in [-0.3, -0.25) is 0 Å². The van der Waals surface area contributed by atoms with Crippen LogP contribution >= 0.6 is 0 Å². The molecule has 106 valence electrons. The van der Waals surface area contributed by atoms with Gasteiger partial charge in [0.2, 0.25) is 0 Å². The van der Waals surface area contributed by atoms with E-state index in [-0.39, 0.29) is 11.1 Å². The first kappa shape index (κ1) is 15.9. The molecule has 1 aliphatic rings. The van der Waals surface area contributed by atoms with Crippen molar-refractivity contribution in [3.05, 3.63) is 12.7 Å². The van der Waals surface area contributed by atoms with Crippen molar-refractivity contribution >= 4 is 8.32 Å². The molecular formula is C15H30O2Si. The molecule has 0 N–H and O–H groups in total. The van der Waals surface area contributed by atoms with Crippen LogP contribution in [-0.2, 0) is 9.16 Å². The Kier molecular flexibility index (Phi) is 5.62. The van der Waals surface area contributed by atoms with Crippen LogP contribution in [0.15, 0.2) is 12.7 Å². The van der Waals surface area contributed by atoms with Gasteiger partial charge in [-0.25, -0.2) is 0 Å². The van der Waals surface area contributed by atoms with E-state index in [9.17, 15) is 0 Å². The van der Waals surface area contributed by atoms with Crippen LogP contribution in [0.4, 0.5) is 0 Å². The zero-order valence-electron chi connectivity index (χ0n) is 12.8. The van der Waals surface area contributed by atoms with E-state index in [1.807, 2.05) is 6.08 Å². The molecule has 0 amide bonds. The fraction of sp³-hybridized carbons (Fsp3) is 0.867. The fourth-order valence-electron chi connectivity index (χ4n) is 1.98. The molecule has 1 aliphatic heterocycles. The summed E-state index contributed by atoms with van der Waals surface area (Å²) in [7, 11) is -1.63. The third kappa shape index (κ3) is 4.52. The van der Waals surface area contributed by atoms with Crippen LogP contribution in [0, 0.1) is 0 Å². The Labute approximate surface area is 114 Å². The Morgan fingerprint density at radius 3 is 2.44 bits per heavy atom. The van der Waals surface area contributed by atoms with E-state index in [1.54, 1.807) is 0 Å². The number of hydrogen-bond acceptors (Lipinski definition) is 2. The molecule has 0 aromatic heterocycles. The van der Waals surface area contributed by atoms with Gasteiger partial charge in [-0.15, -0.1) is 6.58 Å². The topological polar surface area (TPSA) is 18.5 Å². The van der Waals surface area contributed by atoms with Crippen molar-refractivity contribution in [3.8, 4) is 0 Å². The van der Waals surface area contributed by atoms with Crippen LogP contribution < -0.4 is 0 Å². The first-order valence-corrected chi connectivity index (χ1v) is 10.1. The molecule has 1 saturated heterocycles. The highest BCUT2D eigenvalue weighted by Crippen LogP contribution is 2.37. The summed E-state index contributed by atoms with van der Waals surface area (Å²) in [4.78, 5) is 0. The second kappa shape index (κ2) is 6.35. The molecule has 2 atom stereocenters. The highest BCUT2D eigenvalue weighted by molar-refractivity contribution is 6.74. The summed E-state index contributed by atoms with van der Waals surface area (Å²) in [6.07, 6.45) is 7.15. The van der Waals surface area contributed by atoms with E-state index in [2.05, 4.69) is 40.4 Å². The minimum atomic E-state index is -1.63. The van der Waals surface area contributed by atoms with Crippen molar-refractivity contribution in [1.82, 2.24) is 0 Å². The number of hydrogen-bond donors (Lipinski definition) is 0. The average Bonchev–Trinajstić information content (AvgIpc) is 2.26. The molecular weight excluding hydrogens is 240 g/mol. The summed E-state index contributed by atoms with van der Waals surface area (Å²) in [6, 6.07) is 0. The van der Waals surface area contributed by atoms with E-state index in [0.717, 1.165) is 19.4 Å². The van der Waals surface area contributed by atoms with Gasteiger partial charge in [-0.1, -0.05) is 26.8 Å². The third-order valence-electron chi connectivity index (χ3n) is 4.30. The molecule has 1 fully saturated rings. The summed E-state index contributed by atoms with van der Waals surface area (Å²) in [5.74, 6) is 0. The fourth-order valence-corrected chi connectivity index (χ4v) is 3.02. The lowest BCUT2D eigenvalue weighted by Gasteiger charge is -2.38. The molecule has 3 heteroatoms. The lowest BCUT2D eigenvalue weighted by atomic mass is 10.0. The van der Waals surface area contributed by atoms with Gasteiger partial charge in [-0.2, -0.15) is 0 Å². The Hall–Kier alpha value is -0.123. The van der Waals surface area contributed by atoms with Gasteiger partial charge < -0.3 is 9.16 Å². The molecule has 0 spiro atoms. The van der Waals surface area contributed by atoms with Crippen molar-refractivity contribution in [2.75, 3.05) is 6.61 Å². The summed E-state index contributed by atoms with van der Waals surface area (Å²) >= 11 is 0. The van der Waals surface area contributed by atoms with Crippen LogP contribution in [0.2, 0.25) is 18.1 Å². The van der Waals surface area contributed by atoms with Crippen molar-refractivity contribution in [3.63, 3.8) is 0 Å². The standard InChI is InChI=1S/C15H30O2Si/c1-7-9-13-10-8-11-14(17-13)12-16-18(5,6)15(2,3)4/h7,13-14H,1,8-12H2,2-6H3. The molecule has 0 aromatic rings. The second-order valence-corrected chi connectivity index (χ2v) is 11.7. The lowest BCUT2D eigenvalue weighted by molar-refractivity contribution is -0.0674. The zero-order valence-corrected chi connectivity index (χ0v) is 13.8. The average molecular weight is 270 g/mol. The van der Waals surface area contributed by atoms with E-state index < -0.39 is 8.32 Å². The van der Waals surface area contributed by atoms with Gasteiger partial charge in [0.25, 0.3) is 0 Å². The third-order valence-corrected chi connectivity index (χ3v) is 8.80. The maximum atomic E-state index is 6.25. The van der Waals surface area contributed by atoms with Crippen LogP contribution in [-0.4, -0.2) is 27.1 Å². The predicted molar refractivity (Wildman–Crippen MR) is 80.5 cm³/mol.